The molecule has 0 saturated carbocycles. The Labute approximate surface area is 74.0 Å². The van der Waals surface area contributed by atoms with Crippen molar-refractivity contribution in [3.05, 3.63) is 5.21 Å². The largest absolute Gasteiger partial charge is 0.784 e. The lowest BCUT2D eigenvalue weighted by atomic mass is 9.88. The van der Waals surface area contributed by atoms with Crippen LogP contribution in [0.4, 0.5) is 0 Å². The van der Waals surface area contributed by atoms with Gasteiger partial charge in [-0.15, -0.1) is 0 Å². The smallest absolute Gasteiger partial charge is 0.0477 e. The first-order chi connectivity index (χ1) is 5.32. The van der Waals surface area contributed by atoms with Gasteiger partial charge in [-0.25, -0.2) is 0 Å². The van der Waals surface area contributed by atoms with Crippen LogP contribution in [-0.4, -0.2) is 27.9 Å². The van der Waals surface area contributed by atoms with Gasteiger partial charge < -0.3 is 15.4 Å². The first kappa shape index (κ1) is 9.96. The highest BCUT2D eigenvalue weighted by Gasteiger charge is 2.45. The van der Waals surface area contributed by atoms with Crippen molar-refractivity contribution in [2.75, 3.05) is 6.61 Å². The molecular weight excluding hydrogens is 154 g/mol. The van der Waals surface area contributed by atoms with Crippen molar-refractivity contribution in [3.63, 3.8) is 0 Å². The Kier molecular flexibility index (Phi) is 2.23. The van der Waals surface area contributed by atoms with Gasteiger partial charge in [0.15, 0.2) is 0 Å². The minimum Gasteiger partial charge on any atom is -0.784 e. The molecule has 1 heterocycles. The van der Waals surface area contributed by atoms with Gasteiger partial charge in [0.1, 0.15) is 0 Å². The van der Waals surface area contributed by atoms with E-state index in [0.717, 1.165) is 11.5 Å². The Hall–Kier alpha value is -0.120. The van der Waals surface area contributed by atoms with E-state index in [1.165, 1.54) is 0 Å². The van der Waals surface area contributed by atoms with Crippen molar-refractivity contribution in [1.29, 1.82) is 0 Å². The molecule has 0 amide bonds. The van der Waals surface area contributed by atoms with E-state index in [9.17, 15) is 5.21 Å². The number of hydrogen-bond donors (Lipinski definition) is 1. The summed E-state index contributed by atoms with van der Waals surface area (Å²) < 4.78 is 0. The zero-order valence-corrected chi connectivity index (χ0v) is 8.29. The van der Waals surface area contributed by atoms with Crippen molar-refractivity contribution >= 4 is 0 Å². The summed E-state index contributed by atoms with van der Waals surface area (Å²) in [5, 5.41) is 21.9. The van der Waals surface area contributed by atoms with Gasteiger partial charge in [-0.3, -0.25) is 0 Å². The van der Waals surface area contributed by atoms with Gasteiger partial charge in [0.25, 0.3) is 0 Å². The fraction of sp³-hybridized carbons (Fsp3) is 1.00. The Bertz CT molecular complexity index is 177. The molecule has 0 aromatic heterocycles. The highest BCUT2D eigenvalue weighted by atomic mass is 16.5. The van der Waals surface area contributed by atoms with Crippen molar-refractivity contribution in [1.82, 2.24) is 5.06 Å². The van der Waals surface area contributed by atoms with Crippen LogP contribution in [0.5, 0.6) is 0 Å². The lowest BCUT2D eigenvalue weighted by molar-refractivity contribution is 0.104. The number of aliphatic hydroxyl groups excluding tert-OH is 1. The van der Waals surface area contributed by atoms with E-state index in [0.29, 0.717) is 0 Å². The molecular formula is C9H18NO2-. The van der Waals surface area contributed by atoms with E-state index in [-0.39, 0.29) is 18.1 Å². The predicted molar refractivity (Wildman–Crippen MR) is 48.6 cm³/mol. The Balaban J connectivity index is 2.88. The first-order valence-electron chi connectivity index (χ1n) is 4.40. The molecule has 1 saturated heterocycles. The zero-order valence-electron chi connectivity index (χ0n) is 8.29. The van der Waals surface area contributed by atoms with Gasteiger partial charge >= 0.3 is 0 Å². The SMILES string of the molecule is CC1(C)CC(CO)C(C)(C)N1[O-]. The van der Waals surface area contributed by atoms with E-state index >= 15 is 0 Å². The minimum atomic E-state index is -0.418. The van der Waals surface area contributed by atoms with Crippen LogP contribution >= 0.6 is 0 Å². The molecule has 1 unspecified atom stereocenters. The number of hydroxylamine groups is 2. The Morgan fingerprint density at radius 1 is 1.42 bits per heavy atom. The second-order valence-corrected chi connectivity index (χ2v) is 4.84. The maximum absolute atomic E-state index is 11.7. The minimum absolute atomic E-state index is 0.102. The molecule has 72 valence electrons. The van der Waals surface area contributed by atoms with Crippen LogP contribution in [0.3, 0.4) is 0 Å². The summed E-state index contributed by atoms with van der Waals surface area (Å²) in [5.74, 6) is 0.102. The van der Waals surface area contributed by atoms with Gasteiger partial charge in [-0.2, -0.15) is 0 Å². The van der Waals surface area contributed by atoms with Gasteiger partial charge in [-0.1, -0.05) is 0 Å². The fourth-order valence-electron chi connectivity index (χ4n) is 2.17. The molecule has 0 aliphatic carbocycles. The summed E-state index contributed by atoms with van der Waals surface area (Å²) >= 11 is 0. The molecule has 12 heavy (non-hydrogen) atoms. The van der Waals surface area contributed by atoms with Gasteiger partial charge in [0, 0.05) is 23.6 Å². The highest BCUT2D eigenvalue weighted by molar-refractivity contribution is 5.05. The summed E-state index contributed by atoms with van der Waals surface area (Å²) in [4.78, 5) is 0. The summed E-state index contributed by atoms with van der Waals surface area (Å²) in [6.45, 7) is 7.76. The third kappa shape index (κ3) is 1.26. The number of aliphatic hydroxyl groups is 1. The quantitative estimate of drug-likeness (QED) is 0.649. The number of nitrogens with zero attached hydrogens (tertiary/aromatic N) is 1. The van der Waals surface area contributed by atoms with Crippen LogP contribution in [0.2, 0.25) is 0 Å². The molecule has 0 spiro atoms. The second-order valence-electron chi connectivity index (χ2n) is 4.84. The van der Waals surface area contributed by atoms with Crippen LogP contribution in [-0.2, 0) is 0 Å². The first-order valence-corrected chi connectivity index (χ1v) is 4.40. The van der Waals surface area contributed by atoms with Gasteiger partial charge in [-0.05, 0) is 34.1 Å². The molecule has 1 N–H and O–H groups in total. The predicted octanol–water partition coefficient (Wildman–Crippen LogP) is 1.36. The molecule has 3 nitrogen and oxygen atoms in total. The van der Waals surface area contributed by atoms with E-state index in [2.05, 4.69) is 0 Å². The molecule has 1 aliphatic heterocycles. The molecule has 1 aliphatic rings. The van der Waals surface area contributed by atoms with Crippen molar-refractivity contribution < 1.29 is 5.11 Å². The standard InChI is InChI=1S/C9H18NO2/c1-8(2)5-7(6-11)9(3,4)10(8)12/h7,11H,5-6H2,1-4H3/q-1. The van der Waals surface area contributed by atoms with Crippen LogP contribution in [0, 0.1) is 11.1 Å². The van der Waals surface area contributed by atoms with Crippen molar-refractivity contribution in [3.8, 4) is 0 Å². The summed E-state index contributed by atoms with van der Waals surface area (Å²) in [7, 11) is 0. The Morgan fingerprint density at radius 3 is 2.08 bits per heavy atom. The third-order valence-electron chi connectivity index (χ3n) is 3.04. The molecule has 0 aromatic carbocycles. The second kappa shape index (κ2) is 2.69. The average Bonchev–Trinajstić information content (AvgIpc) is 2.11. The lowest BCUT2D eigenvalue weighted by Crippen LogP contribution is -2.45. The normalized spacial score (nSPS) is 34.0. The molecule has 1 fully saturated rings. The summed E-state index contributed by atoms with van der Waals surface area (Å²) in [6, 6.07) is 0. The van der Waals surface area contributed by atoms with E-state index in [1.807, 2.05) is 27.7 Å². The topological polar surface area (TPSA) is 46.5 Å². The molecule has 0 aromatic rings. The number of rotatable bonds is 1. The van der Waals surface area contributed by atoms with Crippen LogP contribution < -0.4 is 0 Å². The van der Waals surface area contributed by atoms with E-state index in [1.54, 1.807) is 0 Å². The maximum atomic E-state index is 11.7. The van der Waals surface area contributed by atoms with E-state index < -0.39 is 5.54 Å². The molecule has 3 heteroatoms. The molecule has 0 bridgehead atoms. The van der Waals surface area contributed by atoms with E-state index in [4.69, 9.17) is 5.11 Å². The van der Waals surface area contributed by atoms with Crippen LogP contribution in [0.1, 0.15) is 34.1 Å². The number of hydrogen-bond acceptors (Lipinski definition) is 3. The zero-order chi connectivity index (χ0) is 9.57. The fourth-order valence-corrected chi connectivity index (χ4v) is 2.17. The van der Waals surface area contributed by atoms with Gasteiger partial charge in [0.2, 0.25) is 0 Å². The molecule has 0 radical (unpaired) electrons. The maximum Gasteiger partial charge on any atom is 0.0477 e. The Morgan fingerprint density at radius 2 is 1.92 bits per heavy atom. The highest BCUT2D eigenvalue weighted by Crippen LogP contribution is 2.43. The van der Waals surface area contributed by atoms with Crippen molar-refractivity contribution in [2.24, 2.45) is 5.92 Å². The lowest BCUT2D eigenvalue weighted by Gasteiger charge is -2.47. The van der Waals surface area contributed by atoms with Crippen LogP contribution in [0.25, 0.3) is 0 Å². The third-order valence-corrected chi connectivity index (χ3v) is 3.04. The molecule has 1 atom stereocenters. The van der Waals surface area contributed by atoms with Gasteiger partial charge in [0.05, 0.1) is 0 Å². The monoisotopic (exact) mass is 172 g/mol. The summed E-state index contributed by atoms with van der Waals surface area (Å²) in [6.07, 6.45) is 0.778. The summed E-state index contributed by atoms with van der Waals surface area (Å²) in [5.41, 5.74) is -0.741. The van der Waals surface area contributed by atoms with Crippen molar-refractivity contribution in [2.45, 2.75) is 45.2 Å². The molecule has 1 rings (SSSR count). The van der Waals surface area contributed by atoms with Crippen LogP contribution in [0.15, 0.2) is 0 Å². The average molecular weight is 172 g/mol.